The van der Waals surface area contributed by atoms with E-state index in [1.165, 1.54) is 0 Å². The predicted octanol–water partition coefficient (Wildman–Crippen LogP) is -1.39. The van der Waals surface area contributed by atoms with Crippen LogP contribution in [0.3, 0.4) is 0 Å². The van der Waals surface area contributed by atoms with Crippen molar-refractivity contribution in [1.82, 2.24) is 19.5 Å². The maximum Gasteiger partial charge on any atom is 0.280 e. The molecular formula is C16H16N8O16P3-3. The number of nitrogen functional groups attached to an aromatic ring is 1. The van der Waals surface area contributed by atoms with Crippen LogP contribution in [0.1, 0.15) is 6.23 Å². The van der Waals surface area contributed by atoms with Gasteiger partial charge in [0.2, 0.25) is 0 Å². The highest BCUT2D eigenvalue weighted by atomic mass is 31.3. The number of anilines is 1. The van der Waals surface area contributed by atoms with Crippen LogP contribution in [0.15, 0.2) is 35.1 Å². The molecule has 0 spiro atoms. The van der Waals surface area contributed by atoms with E-state index in [1.54, 1.807) is 0 Å². The first-order chi connectivity index (χ1) is 20.1. The van der Waals surface area contributed by atoms with Crippen molar-refractivity contribution in [3.8, 4) is 11.5 Å². The average Bonchev–Trinajstić information content (AvgIpc) is 3.47. The summed E-state index contributed by atoms with van der Waals surface area (Å²) in [6.45, 7) is -1.21. The van der Waals surface area contributed by atoms with Gasteiger partial charge in [0.05, 0.1) is 12.9 Å². The Hall–Kier alpha value is -3.34. The van der Waals surface area contributed by atoms with Gasteiger partial charge in [-0.15, -0.1) is 9.81 Å². The number of hydrogen-bond donors (Lipinski definition) is 4. The van der Waals surface area contributed by atoms with Gasteiger partial charge in [-0.3, -0.25) is 18.3 Å². The summed E-state index contributed by atoms with van der Waals surface area (Å²) in [6.07, 6.45) is -4.64. The summed E-state index contributed by atoms with van der Waals surface area (Å²) in [5.41, 5.74) is 4.88. The average molecular weight is 669 g/mol. The molecule has 1 saturated heterocycles. The smallest absolute Gasteiger partial charge is 0.280 e. The lowest BCUT2D eigenvalue weighted by Gasteiger charge is -2.33. The number of ether oxygens (including phenoxy) is 2. The topological polar surface area (TPSA) is 371 Å². The third-order valence-electron chi connectivity index (χ3n) is 5.38. The number of nitrogens with zero attached hydrogens (tertiary/aromatic N) is 6. The Morgan fingerprint density at radius 1 is 1.07 bits per heavy atom. The molecular weight excluding hydrogens is 653 g/mol. The Bertz CT molecular complexity index is 1680. The van der Waals surface area contributed by atoms with E-state index in [0.29, 0.717) is 0 Å². The van der Waals surface area contributed by atoms with Crippen LogP contribution in [-0.4, -0.2) is 54.4 Å². The Balaban J connectivity index is 1.68. The zero-order chi connectivity index (χ0) is 31.7. The molecule has 6 N–H and O–H groups in total. The monoisotopic (exact) mass is 669 g/mol. The van der Waals surface area contributed by atoms with E-state index >= 15 is 0 Å². The Morgan fingerprint density at radius 3 is 2.42 bits per heavy atom. The quantitative estimate of drug-likeness (QED) is 0.0924. The van der Waals surface area contributed by atoms with Crippen molar-refractivity contribution in [1.29, 1.82) is 0 Å². The molecule has 0 amide bonds. The van der Waals surface area contributed by atoms with Crippen molar-refractivity contribution >= 4 is 51.8 Å². The molecule has 4 rings (SSSR count). The number of benzene rings is 1. The Kier molecular flexibility index (Phi) is 9.35. The van der Waals surface area contributed by atoms with Gasteiger partial charge in [-0.25, -0.2) is 23.6 Å². The van der Waals surface area contributed by atoms with Crippen LogP contribution in [0.2, 0.25) is 0 Å². The summed E-state index contributed by atoms with van der Waals surface area (Å²) in [6, 6.07) is 1.78. The highest BCUT2D eigenvalue weighted by Gasteiger charge is 2.48. The van der Waals surface area contributed by atoms with E-state index in [2.05, 4.69) is 43.3 Å². The number of aromatic nitrogens is 4. The maximum absolute atomic E-state index is 12.1. The molecule has 0 bridgehead atoms. The van der Waals surface area contributed by atoms with Crippen molar-refractivity contribution in [2.24, 2.45) is 16.3 Å². The van der Waals surface area contributed by atoms with Crippen LogP contribution < -0.4 is 35.9 Å². The molecule has 2 aromatic heterocycles. The highest BCUT2D eigenvalue weighted by molar-refractivity contribution is 7.65. The lowest BCUT2D eigenvalue weighted by atomic mass is 10.1. The van der Waals surface area contributed by atoms with Gasteiger partial charge < -0.3 is 49.2 Å². The van der Waals surface area contributed by atoms with Crippen LogP contribution in [0.5, 0.6) is 11.5 Å². The molecule has 1 aliphatic heterocycles. The lowest BCUT2D eigenvalue weighted by Crippen LogP contribution is -2.39. The fraction of sp³-hybridized carbons (Fsp3) is 0.312. The maximum atomic E-state index is 12.1. The Labute approximate surface area is 236 Å². The summed E-state index contributed by atoms with van der Waals surface area (Å²) >= 11 is 0. The van der Waals surface area contributed by atoms with Crippen molar-refractivity contribution in [2.45, 2.75) is 24.5 Å². The highest BCUT2D eigenvalue weighted by Crippen LogP contribution is 2.61. The van der Waals surface area contributed by atoms with Gasteiger partial charge in [0.25, 0.3) is 23.5 Å². The molecule has 1 aliphatic rings. The van der Waals surface area contributed by atoms with Crippen LogP contribution in [0.25, 0.3) is 11.2 Å². The zero-order valence-corrected chi connectivity index (χ0v) is 23.3. The number of phosphoric acid groups is 3. The van der Waals surface area contributed by atoms with Gasteiger partial charge in [0, 0.05) is 12.1 Å². The summed E-state index contributed by atoms with van der Waals surface area (Å²) < 4.78 is 58.1. The minimum absolute atomic E-state index is 0.0211. The molecule has 4 unspecified atom stereocenters. The number of phosphoric ester groups is 1. The number of rotatable bonds is 13. The lowest BCUT2D eigenvalue weighted by molar-refractivity contribution is -0.250. The first kappa shape index (κ1) is 32.6. The van der Waals surface area contributed by atoms with Crippen molar-refractivity contribution in [3.05, 3.63) is 34.6 Å². The SMILES string of the molecule is NOc1cc(N=O)cc(N=O)c1OC1[C@@H](COP(=O)([O-])OP(=O)([O-])OP(=O)([O-])O)O[C@@H](n2cnc3c(N)ncnc32)[C@H]1O. The van der Waals surface area contributed by atoms with Crippen molar-refractivity contribution < 1.29 is 65.8 Å². The summed E-state index contributed by atoms with van der Waals surface area (Å²) in [7, 11) is -18.2. The van der Waals surface area contributed by atoms with Crippen LogP contribution in [-0.2, 0) is 31.6 Å². The summed E-state index contributed by atoms with van der Waals surface area (Å²) in [5, 5.41) is 16.5. The minimum atomic E-state index is -6.24. The third-order valence-corrected chi connectivity index (χ3v) is 9.07. The van der Waals surface area contributed by atoms with Gasteiger partial charge in [0.1, 0.15) is 29.7 Å². The molecule has 3 heterocycles. The van der Waals surface area contributed by atoms with E-state index < -0.39 is 71.8 Å². The van der Waals surface area contributed by atoms with Crippen LogP contribution in [0.4, 0.5) is 17.2 Å². The largest absolute Gasteiger partial charge is 0.756 e. The van der Waals surface area contributed by atoms with Crippen LogP contribution >= 0.6 is 23.5 Å². The standard InChI is InChI=1S/C16H19N8O16P3/c17-14-10-15(20-4-19-14)24(5-21-10)16-11(25)13(37-12-7(23-27)1-6(22-26)2-8(12)38-18)9(36-16)3-35-42(31,32)40-43(33,34)39-41(28,29)30/h1-2,4-5,9,11,13,16,25H,3,18H2,(H,31,32)(H,33,34)(H2,17,19,20)(H2,28,29,30)/p-3/t9-,11+,13?,16-/m1/s1. The number of fused-ring (bicyclic) bond motifs is 1. The molecule has 1 aromatic carbocycles. The fourth-order valence-electron chi connectivity index (χ4n) is 3.77. The molecule has 24 nitrogen and oxygen atoms in total. The van der Waals surface area contributed by atoms with Gasteiger partial charge in [0.15, 0.2) is 41.0 Å². The first-order valence-corrected chi connectivity index (χ1v) is 15.4. The molecule has 27 heteroatoms. The number of hydrogen-bond acceptors (Lipinski definition) is 22. The second-order valence-electron chi connectivity index (χ2n) is 8.14. The molecule has 7 atom stereocenters. The molecule has 43 heavy (non-hydrogen) atoms. The Morgan fingerprint density at radius 2 is 1.79 bits per heavy atom. The molecule has 1 fully saturated rings. The molecule has 3 aromatic rings. The second-order valence-corrected chi connectivity index (χ2v) is 12.4. The minimum Gasteiger partial charge on any atom is -0.756 e. The number of aliphatic hydroxyl groups is 1. The summed E-state index contributed by atoms with van der Waals surface area (Å²) in [4.78, 5) is 81.7. The van der Waals surface area contributed by atoms with Gasteiger partial charge in [-0.1, -0.05) is 0 Å². The number of aliphatic hydroxyl groups excluding tert-OH is 1. The predicted molar refractivity (Wildman–Crippen MR) is 129 cm³/mol. The summed E-state index contributed by atoms with van der Waals surface area (Å²) in [5.74, 6) is 4.06. The molecule has 0 saturated carbocycles. The van der Waals surface area contributed by atoms with Crippen LogP contribution in [0, 0.1) is 9.81 Å². The first-order valence-electron chi connectivity index (χ1n) is 11.0. The number of nitrogens with two attached hydrogens (primary N) is 2. The normalized spacial score (nSPS) is 24.5. The molecule has 234 valence electrons. The van der Waals surface area contributed by atoms with Gasteiger partial charge >= 0.3 is 0 Å². The van der Waals surface area contributed by atoms with Crippen molar-refractivity contribution in [2.75, 3.05) is 12.3 Å². The van der Waals surface area contributed by atoms with E-state index in [1.807, 2.05) is 0 Å². The van der Waals surface area contributed by atoms with Gasteiger partial charge in [-0.05, 0) is 10.4 Å². The molecule has 0 aliphatic carbocycles. The van der Waals surface area contributed by atoms with Gasteiger partial charge in [-0.2, -0.15) is 5.90 Å². The van der Waals surface area contributed by atoms with E-state index in [9.17, 15) is 43.3 Å². The van der Waals surface area contributed by atoms with E-state index in [-0.39, 0.29) is 22.7 Å². The van der Waals surface area contributed by atoms with Crippen molar-refractivity contribution in [3.63, 3.8) is 0 Å². The van der Waals surface area contributed by atoms with E-state index in [4.69, 9.17) is 26.0 Å². The van der Waals surface area contributed by atoms with E-state index in [0.717, 1.165) is 29.4 Å². The zero-order valence-electron chi connectivity index (χ0n) is 20.6. The second kappa shape index (κ2) is 12.3. The fourth-order valence-corrected chi connectivity index (χ4v) is 6.67. The number of imidazole rings is 1. The number of nitroso groups, excluding NO2 is 2. The third kappa shape index (κ3) is 7.42. The molecule has 0 radical (unpaired) electrons.